The number of aliphatic hydroxyl groups is 1. The summed E-state index contributed by atoms with van der Waals surface area (Å²) in [5.41, 5.74) is -0.555. The van der Waals surface area contributed by atoms with E-state index in [1.54, 1.807) is 0 Å². The number of benzene rings is 1. The smallest absolute Gasteiger partial charge is 0.416 e. The normalized spacial score (nSPS) is 13.8. The van der Waals surface area contributed by atoms with Crippen LogP contribution in [0.4, 0.5) is 13.2 Å². The lowest BCUT2D eigenvalue weighted by atomic mass is 10.1. The van der Waals surface area contributed by atoms with Crippen molar-refractivity contribution in [2.75, 3.05) is 0 Å². The van der Waals surface area contributed by atoms with E-state index in [2.05, 4.69) is 4.98 Å². The molecule has 0 saturated carbocycles. The molecule has 1 atom stereocenters. The first kappa shape index (κ1) is 12.4. The number of aliphatic hydroxyl groups excluding tert-OH is 1. The van der Waals surface area contributed by atoms with Gasteiger partial charge in [0, 0.05) is 10.9 Å². The van der Waals surface area contributed by atoms with Gasteiger partial charge in [0.25, 0.3) is 0 Å². The Morgan fingerprint density at radius 1 is 1.28 bits per heavy atom. The van der Waals surface area contributed by atoms with Crippen LogP contribution < -0.4 is 0 Å². The Kier molecular flexibility index (Phi) is 2.78. The predicted octanol–water partition coefficient (Wildman–Crippen LogP) is 2.30. The summed E-state index contributed by atoms with van der Waals surface area (Å²) in [5, 5.41) is 18.1. The van der Waals surface area contributed by atoms with Gasteiger partial charge in [-0.1, -0.05) is 0 Å². The fourth-order valence-electron chi connectivity index (χ4n) is 1.61. The van der Waals surface area contributed by atoms with Gasteiger partial charge in [0.05, 0.1) is 11.3 Å². The molecule has 2 rings (SSSR count). The number of carbonyl (C=O) groups is 1. The van der Waals surface area contributed by atoms with Gasteiger partial charge >= 0.3 is 12.1 Å². The zero-order chi connectivity index (χ0) is 13.5. The number of carboxylic acid groups (broad SMARTS) is 1. The maximum Gasteiger partial charge on any atom is 0.416 e. The van der Waals surface area contributed by atoms with Gasteiger partial charge in [-0.2, -0.15) is 13.2 Å². The van der Waals surface area contributed by atoms with Crippen molar-refractivity contribution < 1.29 is 28.2 Å². The molecule has 3 N–H and O–H groups in total. The van der Waals surface area contributed by atoms with Crippen molar-refractivity contribution in [3.63, 3.8) is 0 Å². The first-order valence-electron chi connectivity index (χ1n) is 4.90. The molecule has 0 aliphatic carbocycles. The summed E-state index contributed by atoms with van der Waals surface area (Å²) in [7, 11) is 0. The summed E-state index contributed by atoms with van der Waals surface area (Å²) in [6.07, 6.45) is -6.25. The number of aliphatic carboxylic acids is 1. The maximum absolute atomic E-state index is 12.5. The molecule has 18 heavy (non-hydrogen) atoms. The van der Waals surface area contributed by atoms with Gasteiger partial charge < -0.3 is 15.2 Å². The molecule has 2 aromatic rings. The van der Waals surface area contributed by atoms with Crippen LogP contribution in [0.1, 0.15) is 17.4 Å². The molecular formula is C11H8F3NO3. The van der Waals surface area contributed by atoms with Crippen molar-refractivity contribution in [1.82, 2.24) is 4.98 Å². The molecule has 0 amide bonds. The highest BCUT2D eigenvalue weighted by Crippen LogP contribution is 2.32. The van der Waals surface area contributed by atoms with Crippen molar-refractivity contribution in [3.8, 4) is 0 Å². The number of H-pyrrole nitrogens is 1. The fraction of sp³-hybridized carbons (Fsp3) is 0.182. The molecule has 0 radical (unpaired) electrons. The van der Waals surface area contributed by atoms with E-state index in [1.165, 1.54) is 12.1 Å². The topological polar surface area (TPSA) is 73.3 Å². The Morgan fingerprint density at radius 2 is 1.94 bits per heavy atom. The van der Waals surface area contributed by atoms with Crippen molar-refractivity contribution in [2.24, 2.45) is 0 Å². The molecule has 1 aromatic heterocycles. The zero-order valence-corrected chi connectivity index (χ0v) is 8.82. The molecule has 4 nitrogen and oxygen atoms in total. The van der Waals surface area contributed by atoms with Gasteiger partial charge in [-0.05, 0) is 24.3 Å². The second-order valence-corrected chi connectivity index (χ2v) is 3.77. The number of aromatic amines is 1. The van der Waals surface area contributed by atoms with Crippen molar-refractivity contribution in [2.45, 2.75) is 12.3 Å². The number of hydrogen-bond donors (Lipinski definition) is 3. The van der Waals surface area contributed by atoms with Gasteiger partial charge in [0.15, 0.2) is 6.10 Å². The largest absolute Gasteiger partial charge is 0.479 e. The average molecular weight is 259 g/mol. The van der Waals surface area contributed by atoms with Crippen molar-refractivity contribution in [3.05, 3.63) is 35.5 Å². The minimum atomic E-state index is -4.46. The van der Waals surface area contributed by atoms with E-state index in [0.717, 1.165) is 12.1 Å². The summed E-state index contributed by atoms with van der Waals surface area (Å²) in [4.78, 5) is 13.1. The van der Waals surface area contributed by atoms with Crippen LogP contribution in [-0.4, -0.2) is 21.2 Å². The number of fused-ring (bicyclic) bond motifs is 1. The Labute approximate surface area is 98.7 Å². The van der Waals surface area contributed by atoms with E-state index >= 15 is 0 Å². The molecule has 0 fully saturated rings. The number of nitrogens with one attached hydrogen (secondary N) is 1. The Balaban J connectivity index is 2.49. The van der Waals surface area contributed by atoms with Crippen molar-refractivity contribution in [1.29, 1.82) is 0 Å². The summed E-state index contributed by atoms with van der Waals surface area (Å²) < 4.78 is 37.4. The van der Waals surface area contributed by atoms with E-state index in [9.17, 15) is 23.1 Å². The summed E-state index contributed by atoms with van der Waals surface area (Å²) in [6.45, 7) is 0. The molecule has 0 aliphatic rings. The molecule has 0 bridgehead atoms. The highest BCUT2D eigenvalue weighted by atomic mass is 19.4. The highest BCUT2D eigenvalue weighted by Gasteiger charge is 2.30. The molecular weight excluding hydrogens is 251 g/mol. The third-order valence-corrected chi connectivity index (χ3v) is 2.50. The van der Waals surface area contributed by atoms with Gasteiger partial charge in [-0.25, -0.2) is 4.79 Å². The highest BCUT2D eigenvalue weighted by molar-refractivity contribution is 5.83. The molecule has 0 aliphatic heterocycles. The number of rotatable bonds is 2. The van der Waals surface area contributed by atoms with Crippen LogP contribution in [0.3, 0.4) is 0 Å². The summed E-state index contributed by atoms with van der Waals surface area (Å²) in [6, 6.07) is 4.15. The molecule has 0 saturated heterocycles. The van der Waals surface area contributed by atoms with Gasteiger partial charge in [0.2, 0.25) is 0 Å². The molecule has 0 spiro atoms. The standard InChI is InChI=1S/C11H8F3NO3/c12-11(13,14)6-1-2-7-5(3-6)4-8(15-7)9(16)10(17)18/h1-4,9,15-16H,(H,17,18). The van der Waals surface area contributed by atoms with Crippen LogP contribution in [0.5, 0.6) is 0 Å². The molecule has 1 heterocycles. The van der Waals surface area contributed by atoms with E-state index in [-0.39, 0.29) is 11.1 Å². The lowest BCUT2D eigenvalue weighted by molar-refractivity contribution is -0.147. The second kappa shape index (κ2) is 4.02. The van der Waals surface area contributed by atoms with Crippen LogP contribution in [0.15, 0.2) is 24.3 Å². The van der Waals surface area contributed by atoms with Crippen LogP contribution in [0, 0.1) is 0 Å². The van der Waals surface area contributed by atoms with Gasteiger partial charge in [-0.15, -0.1) is 0 Å². The number of carboxylic acids is 1. The zero-order valence-electron chi connectivity index (χ0n) is 8.82. The average Bonchev–Trinajstić information content (AvgIpc) is 2.68. The van der Waals surface area contributed by atoms with Gasteiger partial charge in [-0.3, -0.25) is 0 Å². The summed E-state index contributed by atoms with van der Waals surface area (Å²) >= 11 is 0. The SMILES string of the molecule is O=C(O)C(O)c1cc2cc(C(F)(F)F)ccc2[nH]1. The predicted molar refractivity (Wildman–Crippen MR) is 55.9 cm³/mol. The monoisotopic (exact) mass is 259 g/mol. The van der Waals surface area contributed by atoms with Crippen LogP contribution >= 0.6 is 0 Å². The van der Waals surface area contributed by atoms with E-state index in [1.807, 2.05) is 0 Å². The molecule has 96 valence electrons. The van der Waals surface area contributed by atoms with E-state index in [0.29, 0.717) is 5.52 Å². The number of hydrogen-bond acceptors (Lipinski definition) is 2. The molecule has 7 heteroatoms. The first-order chi connectivity index (χ1) is 8.29. The number of alkyl halides is 3. The maximum atomic E-state index is 12.5. The Bertz CT molecular complexity index is 603. The van der Waals surface area contributed by atoms with E-state index in [4.69, 9.17) is 5.11 Å². The third kappa shape index (κ3) is 2.17. The minimum absolute atomic E-state index is 0.0585. The Morgan fingerprint density at radius 3 is 2.50 bits per heavy atom. The third-order valence-electron chi connectivity index (χ3n) is 2.50. The number of halogens is 3. The fourth-order valence-corrected chi connectivity index (χ4v) is 1.61. The Hall–Kier alpha value is -2.02. The minimum Gasteiger partial charge on any atom is -0.479 e. The van der Waals surface area contributed by atoms with Crippen LogP contribution in [0.2, 0.25) is 0 Å². The van der Waals surface area contributed by atoms with Crippen LogP contribution in [0.25, 0.3) is 10.9 Å². The van der Waals surface area contributed by atoms with E-state index < -0.39 is 23.8 Å². The second-order valence-electron chi connectivity index (χ2n) is 3.77. The molecule has 1 aromatic carbocycles. The quantitative estimate of drug-likeness (QED) is 0.774. The lowest BCUT2D eigenvalue weighted by Crippen LogP contribution is -2.10. The van der Waals surface area contributed by atoms with Gasteiger partial charge in [0.1, 0.15) is 0 Å². The number of aromatic nitrogens is 1. The first-order valence-corrected chi connectivity index (χ1v) is 4.90. The summed E-state index contributed by atoms with van der Waals surface area (Å²) in [5.74, 6) is -1.47. The van der Waals surface area contributed by atoms with Crippen molar-refractivity contribution >= 4 is 16.9 Å². The van der Waals surface area contributed by atoms with Crippen LogP contribution in [-0.2, 0) is 11.0 Å². The lowest BCUT2D eigenvalue weighted by Gasteiger charge is -2.05. The molecule has 1 unspecified atom stereocenters.